The molecule has 0 radical (unpaired) electrons. The van der Waals surface area contributed by atoms with E-state index in [0.717, 1.165) is 23.8 Å². The number of rotatable bonds is 5. The lowest BCUT2D eigenvalue weighted by Crippen LogP contribution is -1.99. The van der Waals surface area contributed by atoms with Crippen molar-refractivity contribution in [2.24, 2.45) is 0 Å². The normalized spacial score (nSPS) is 10.8. The Balaban J connectivity index is 1.52. The number of hydrogen-bond donors (Lipinski definition) is 0. The molecule has 0 N–H and O–H groups in total. The Bertz CT molecular complexity index is 1110. The van der Waals surface area contributed by atoms with Crippen molar-refractivity contribution in [1.82, 2.24) is 10.1 Å². The van der Waals surface area contributed by atoms with E-state index < -0.39 is 11.6 Å². The molecule has 1 heterocycles. The minimum absolute atomic E-state index is 0.102. The van der Waals surface area contributed by atoms with E-state index in [1.165, 1.54) is 0 Å². The number of aromatic nitrogens is 2. The van der Waals surface area contributed by atoms with Crippen LogP contribution < -0.4 is 4.74 Å². The third-order valence-corrected chi connectivity index (χ3v) is 4.26. The van der Waals surface area contributed by atoms with E-state index in [4.69, 9.17) is 20.9 Å². The Labute approximate surface area is 164 Å². The van der Waals surface area contributed by atoms with Gasteiger partial charge >= 0.3 is 0 Å². The van der Waals surface area contributed by atoms with Crippen LogP contribution in [0.15, 0.2) is 71.3 Å². The maximum Gasteiger partial charge on any atom is 0.258 e. The van der Waals surface area contributed by atoms with Gasteiger partial charge in [-0.15, -0.1) is 0 Å². The van der Waals surface area contributed by atoms with Crippen molar-refractivity contribution in [2.45, 2.75) is 6.61 Å². The van der Waals surface area contributed by atoms with Crippen LogP contribution in [0.3, 0.4) is 0 Å². The molecule has 0 unspecified atom stereocenters. The Kier molecular flexibility index (Phi) is 5.04. The number of benzene rings is 3. The maximum atomic E-state index is 13.7. The predicted octanol–water partition coefficient (Wildman–Crippen LogP) is 5.91. The molecule has 0 spiro atoms. The van der Waals surface area contributed by atoms with E-state index in [-0.39, 0.29) is 12.2 Å². The molecule has 0 saturated heterocycles. The second kappa shape index (κ2) is 7.78. The lowest BCUT2D eigenvalue weighted by atomic mass is 10.2. The SMILES string of the molecule is Fc1ccc(F)c(COc2cccc(-c3noc(-c4ccc(Cl)cc4)n3)c2)c1. The molecule has 0 aliphatic rings. The quantitative estimate of drug-likeness (QED) is 0.419. The molecular formula is C21H13ClF2N2O2. The lowest BCUT2D eigenvalue weighted by Gasteiger charge is -2.08. The van der Waals surface area contributed by atoms with Gasteiger partial charge < -0.3 is 9.26 Å². The van der Waals surface area contributed by atoms with Crippen LogP contribution in [-0.4, -0.2) is 10.1 Å². The molecule has 0 atom stereocenters. The van der Waals surface area contributed by atoms with E-state index in [1.807, 2.05) is 0 Å². The number of halogens is 3. The summed E-state index contributed by atoms with van der Waals surface area (Å²) < 4.78 is 37.9. The molecule has 140 valence electrons. The molecule has 0 bridgehead atoms. The van der Waals surface area contributed by atoms with Crippen molar-refractivity contribution < 1.29 is 18.0 Å². The second-order valence-corrected chi connectivity index (χ2v) is 6.42. The third kappa shape index (κ3) is 4.02. The molecule has 0 fully saturated rings. The zero-order valence-electron chi connectivity index (χ0n) is 14.4. The summed E-state index contributed by atoms with van der Waals surface area (Å²) in [5.74, 6) is 0.171. The molecule has 0 aliphatic carbocycles. The van der Waals surface area contributed by atoms with Gasteiger partial charge in [-0.25, -0.2) is 8.78 Å². The smallest absolute Gasteiger partial charge is 0.258 e. The number of nitrogens with zero attached hydrogens (tertiary/aromatic N) is 2. The fraction of sp³-hybridized carbons (Fsp3) is 0.0476. The summed E-state index contributed by atoms with van der Waals surface area (Å²) in [4.78, 5) is 4.38. The van der Waals surface area contributed by atoms with Gasteiger partial charge in [0.2, 0.25) is 5.82 Å². The van der Waals surface area contributed by atoms with Gasteiger partial charge in [0.25, 0.3) is 5.89 Å². The molecule has 4 aromatic rings. The monoisotopic (exact) mass is 398 g/mol. The number of hydrogen-bond acceptors (Lipinski definition) is 4. The topological polar surface area (TPSA) is 48.2 Å². The first-order valence-corrected chi connectivity index (χ1v) is 8.73. The molecule has 7 heteroatoms. The van der Waals surface area contributed by atoms with Gasteiger partial charge in [0.05, 0.1) is 0 Å². The zero-order chi connectivity index (χ0) is 19.5. The van der Waals surface area contributed by atoms with Crippen LogP contribution in [0, 0.1) is 11.6 Å². The Morgan fingerprint density at radius 2 is 1.75 bits per heavy atom. The van der Waals surface area contributed by atoms with Crippen LogP contribution >= 0.6 is 11.6 Å². The Morgan fingerprint density at radius 3 is 2.57 bits per heavy atom. The largest absolute Gasteiger partial charge is 0.489 e. The van der Waals surface area contributed by atoms with E-state index in [9.17, 15) is 8.78 Å². The van der Waals surface area contributed by atoms with Gasteiger partial charge in [-0.2, -0.15) is 4.98 Å². The van der Waals surface area contributed by atoms with E-state index in [2.05, 4.69) is 10.1 Å². The van der Waals surface area contributed by atoms with Crippen LogP contribution in [0.1, 0.15) is 5.56 Å². The number of ether oxygens (including phenoxy) is 1. The van der Waals surface area contributed by atoms with Gasteiger partial charge in [-0.05, 0) is 54.6 Å². The van der Waals surface area contributed by atoms with Gasteiger partial charge in [0.15, 0.2) is 0 Å². The zero-order valence-corrected chi connectivity index (χ0v) is 15.2. The lowest BCUT2D eigenvalue weighted by molar-refractivity contribution is 0.299. The maximum absolute atomic E-state index is 13.7. The first-order chi connectivity index (χ1) is 13.6. The summed E-state index contributed by atoms with van der Waals surface area (Å²) in [6.07, 6.45) is 0. The highest BCUT2D eigenvalue weighted by Crippen LogP contribution is 2.26. The first-order valence-electron chi connectivity index (χ1n) is 8.35. The summed E-state index contributed by atoms with van der Waals surface area (Å²) in [7, 11) is 0. The van der Waals surface area contributed by atoms with E-state index in [1.54, 1.807) is 48.5 Å². The fourth-order valence-corrected chi connectivity index (χ4v) is 2.72. The summed E-state index contributed by atoms with van der Waals surface area (Å²) in [6, 6.07) is 17.2. The van der Waals surface area contributed by atoms with Gasteiger partial charge in [-0.3, -0.25) is 0 Å². The summed E-state index contributed by atoms with van der Waals surface area (Å²) in [5.41, 5.74) is 1.55. The van der Waals surface area contributed by atoms with Crippen LogP contribution in [-0.2, 0) is 6.61 Å². The van der Waals surface area contributed by atoms with E-state index >= 15 is 0 Å². The minimum atomic E-state index is -0.525. The predicted molar refractivity (Wildman–Crippen MR) is 101 cm³/mol. The van der Waals surface area contributed by atoms with Crippen LogP contribution in [0.25, 0.3) is 22.8 Å². The second-order valence-electron chi connectivity index (χ2n) is 5.98. The standard InChI is InChI=1S/C21H13ClF2N2O2/c22-16-6-4-13(5-7-16)21-25-20(26-28-21)14-2-1-3-18(11-14)27-12-15-10-17(23)8-9-19(15)24/h1-11H,12H2. The van der Waals surface area contributed by atoms with E-state index in [0.29, 0.717) is 28.1 Å². The first kappa shape index (κ1) is 18.1. The summed E-state index contributed by atoms with van der Waals surface area (Å²) in [6.45, 7) is -0.102. The summed E-state index contributed by atoms with van der Waals surface area (Å²) >= 11 is 5.89. The Hall–Kier alpha value is -3.25. The van der Waals surface area contributed by atoms with Gasteiger partial charge in [-0.1, -0.05) is 28.9 Å². The highest BCUT2D eigenvalue weighted by molar-refractivity contribution is 6.30. The highest BCUT2D eigenvalue weighted by atomic mass is 35.5. The Morgan fingerprint density at radius 1 is 0.929 bits per heavy atom. The molecule has 0 saturated carbocycles. The average molecular weight is 399 g/mol. The van der Waals surface area contributed by atoms with Crippen molar-refractivity contribution >= 4 is 11.6 Å². The molecule has 28 heavy (non-hydrogen) atoms. The van der Waals surface area contributed by atoms with Crippen LogP contribution in [0.4, 0.5) is 8.78 Å². The molecule has 0 amide bonds. The molecule has 3 aromatic carbocycles. The third-order valence-electron chi connectivity index (χ3n) is 4.01. The van der Waals surface area contributed by atoms with Crippen molar-refractivity contribution in [1.29, 1.82) is 0 Å². The molecule has 0 aliphatic heterocycles. The average Bonchev–Trinajstić information content (AvgIpc) is 3.20. The van der Waals surface area contributed by atoms with Crippen molar-refractivity contribution in [3.8, 4) is 28.6 Å². The van der Waals surface area contributed by atoms with Crippen LogP contribution in [0.2, 0.25) is 5.02 Å². The molecule has 1 aromatic heterocycles. The van der Waals surface area contributed by atoms with Crippen molar-refractivity contribution in [3.63, 3.8) is 0 Å². The van der Waals surface area contributed by atoms with Crippen molar-refractivity contribution in [2.75, 3.05) is 0 Å². The van der Waals surface area contributed by atoms with Gasteiger partial charge in [0, 0.05) is 21.7 Å². The van der Waals surface area contributed by atoms with Crippen molar-refractivity contribution in [3.05, 3.63) is 89.0 Å². The molecule has 4 rings (SSSR count). The summed E-state index contributed by atoms with van der Waals surface area (Å²) in [5, 5.41) is 4.60. The fourth-order valence-electron chi connectivity index (χ4n) is 2.59. The van der Waals surface area contributed by atoms with Crippen LogP contribution in [0.5, 0.6) is 5.75 Å². The van der Waals surface area contributed by atoms with Gasteiger partial charge in [0.1, 0.15) is 24.0 Å². The molecule has 4 nitrogen and oxygen atoms in total. The minimum Gasteiger partial charge on any atom is -0.489 e. The highest BCUT2D eigenvalue weighted by Gasteiger charge is 2.12. The molecular weight excluding hydrogens is 386 g/mol.